The first-order chi connectivity index (χ1) is 12.1. The van der Waals surface area contributed by atoms with Crippen LogP contribution in [0, 0.1) is 11.6 Å². The molecular weight excluding hydrogens is 324 g/mol. The van der Waals surface area contributed by atoms with Crippen LogP contribution in [-0.4, -0.2) is 48.6 Å². The van der Waals surface area contributed by atoms with Crippen LogP contribution in [0.15, 0.2) is 48.5 Å². The highest BCUT2D eigenvalue weighted by Crippen LogP contribution is 2.18. The van der Waals surface area contributed by atoms with E-state index in [0.717, 1.165) is 38.2 Å². The number of hydrogen-bond donors (Lipinski definition) is 1. The molecule has 0 atom stereocenters. The first-order valence-corrected chi connectivity index (χ1v) is 8.40. The van der Waals surface area contributed by atoms with E-state index in [1.165, 1.54) is 11.6 Å². The van der Waals surface area contributed by atoms with Crippen LogP contribution in [-0.2, 0) is 6.42 Å². The summed E-state index contributed by atoms with van der Waals surface area (Å²) in [7, 11) is 0. The maximum atomic E-state index is 13.6. The predicted octanol–water partition coefficient (Wildman–Crippen LogP) is 3.36. The number of nitrogens with one attached hydrogen (secondary N) is 1. The number of benzene rings is 2. The minimum atomic E-state index is -0.769. The molecule has 1 aliphatic rings. The SMILES string of the molecule is O=C(Nc1c(F)cccc1F)N1CCN(CCc2ccccc2)CC1. The Bertz CT molecular complexity index is 696. The summed E-state index contributed by atoms with van der Waals surface area (Å²) in [6, 6.07) is 13.3. The van der Waals surface area contributed by atoms with Gasteiger partial charge in [0.1, 0.15) is 17.3 Å². The minimum Gasteiger partial charge on any atom is -0.322 e. The Kier molecular flexibility index (Phi) is 5.60. The van der Waals surface area contributed by atoms with Crippen molar-refractivity contribution in [3.05, 3.63) is 65.7 Å². The third kappa shape index (κ3) is 4.54. The Morgan fingerprint density at radius 2 is 1.56 bits per heavy atom. The van der Waals surface area contributed by atoms with E-state index in [9.17, 15) is 13.6 Å². The fraction of sp³-hybridized carbons (Fsp3) is 0.316. The predicted molar refractivity (Wildman–Crippen MR) is 93.5 cm³/mol. The van der Waals surface area contributed by atoms with E-state index in [0.29, 0.717) is 13.1 Å². The van der Waals surface area contributed by atoms with E-state index in [1.54, 1.807) is 4.90 Å². The molecule has 1 aliphatic heterocycles. The maximum Gasteiger partial charge on any atom is 0.322 e. The summed E-state index contributed by atoms with van der Waals surface area (Å²) in [6.07, 6.45) is 0.966. The van der Waals surface area contributed by atoms with E-state index in [1.807, 2.05) is 18.2 Å². The molecule has 2 aromatic rings. The lowest BCUT2D eigenvalue weighted by atomic mass is 10.1. The van der Waals surface area contributed by atoms with Gasteiger partial charge in [0, 0.05) is 32.7 Å². The molecule has 132 valence electrons. The Balaban J connectivity index is 1.48. The average molecular weight is 345 g/mol. The highest BCUT2D eigenvalue weighted by molar-refractivity contribution is 5.89. The number of piperazine rings is 1. The van der Waals surface area contributed by atoms with Crippen molar-refractivity contribution < 1.29 is 13.6 Å². The molecule has 0 aliphatic carbocycles. The molecule has 2 aromatic carbocycles. The van der Waals surface area contributed by atoms with E-state index in [4.69, 9.17) is 0 Å². The van der Waals surface area contributed by atoms with Crippen molar-refractivity contribution in [1.29, 1.82) is 0 Å². The first-order valence-electron chi connectivity index (χ1n) is 8.40. The summed E-state index contributed by atoms with van der Waals surface area (Å²) >= 11 is 0. The normalized spacial score (nSPS) is 15.2. The van der Waals surface area contributed by atoms with E-state index in [2.05, 4.69) is 22.3 Å². The Hall–Kier alpha value is -2.47. The second kappa shape index (κ2) is 8.07. The molecule has 0 unspecified atom stereocenters. The standard InChI is InChI=1S/C19H21F2N3O/c20-16-7-4-8-17(21)18(16)22-19(25)24-13-11-23(12-14-24)10-9-15-5-2-1-3-6-15/h1-8H,9-14H2,(H,22,25). The van der Waals surface area contributed by atoms with Gasteiger partial charge < -0.3 is 10.2 Å². The monoisotopic (exact) mass is 345 g/mol. The summed E-state index contributed by atoms with van der Waals surface area (Å²) in [5, 5.41) is 2.34. The summed E-state index contributed by atoms with van der Waals surface area (Å²) in [5.74, 6) is -1.54. The van der Waals surface area contributed by atoms with Crippen LogP contribution in [0.2, 0.25) is 0 Å². The minimum absolute atomic E-state index is 0.390. The number of nitrogens with zero attached hydrogens (tertiary/aromatic N) is 2. The zero-order valence-electron chi connectivity index (χ0n) is 13.9. The van der Waals surface area contributed by atoms with Crippen LogP contribution >= 0.6 is 0 Å². The lowest BCUT2D eigenvalue weighted by Gasteiger charge is -2.34. The van der Waals surface area contributed by atoms with Crippen LogP contribution in [0.4, 0.5) is 19.3 Å². The summed E-state index contributed by atoms with van der Waals surface area (Å²) in [6.45, 7) is 3.51. The zero-order valence-corrected chi connectivity index (χ0v) is 13.9. The Labute approximate surface area is 146 Å². The summed E-state index contributed by atoms with van der Waals surface area (Å²) in [5.41, 5.74) is 0.900. The van der Waals surface area contributed by atoms with E-state index < -0.39 is 17.7 Å². The second-order valence-corrected chi connectivity index (χ2v) is 6.09. The molecule has 0 bridgehead atoms. The van der Waals surface area contributed by atoms with Crippen molar-refractivity contribution in [2.45, 2.75) is 6.42 Å². The molecule has 0 aromatic heterocycles. The topological polar surface area (TPSA) is 35.6 Å². The maximum absolute atomic E-state index is 13.6. The van der Waals surface area contributed by atoms with Gasteiger partial charge >= 0.3 is 6.03 Å². The molecule has 0 spiro atoms. The molecular formula is C19H21F2N3O. The molecule has 0 saturated carbocycles. The quantitative estimate of drug-likeness (QED) is 0.922. The molecule has 6 heteroatoms. The van der Waals surface area contributed by atoms with Crippen molar-refractivity contribution >= 4 is 11.7 Å². The van der Waals surface area contributed by atoms with Crippen molar-refractivity contribution in [1.82, 2.24) is 9.80 Å². The van der Waals surface area contributed by atoms with Crippen molar-refractivity contribution in [3.8, 4) is 0 Å². The molecule has 1 N–H and O–H groups in total. The van der Waals surface area contributed by atoms with Crippen LogP contribution in [0.3, 0.4) is 0 Å². The second-order valence-electron chi connectivity index (χ2n) is 6.09. The van der Waals surface area contributed by atoms with Crippen molar-refractivity contribution in [2.24, 2.45) is 0 Å². The van der Waals surface area contributed by atoms with Gasteiger partial charge in [-0.15, -0.1) is 0 Å². The summed E-state index contributed by atoms with van der Waals surface area (Å²) in [4.78, 5) is 16.1. The highest BCUT2D eigenvalue weighted by Gasteiger charge is 2.22. The number of carbonyl (C=O) groups is 1. The van der Waals surface area contributed by atoms with Gasteiger partial charge in [-0.3, -0.25) is 4.90 Å². The van der Waals surface area contributed by atoms with Gasteiger partial charge in [0.2, 0.25) is 0 Å². The number of carbonyl (C=O) groups excluding carboxylic acids is 1. The van der Waals surface area contributed by atoms with Crippen LogP contribution in [0.25, 0.3) is 0 Å². The third-order valence-electron chi connectivity index (χ3n) is 4.41. The number of hydrogen-bond acceptors (Lipinski definition) is 2. The number of para-hydroxylation sites is 1. The Morgan fingerprint density at radius 1 is 0.920 bits per heavy atom. The van der Waals surface area contributed by atoms with Gasteiger partial charge in [-0.1, -0.05) is 36.4 Å². The third-order valence-corrected chi connectivity index (χ3v) is 4.41. The molecule has 1 fully saturated rings. The Morgan fingerprint density at radius 3 is 2.20 bits per heavy atom. The fourth-order valence-corrected chi connectivity index (χ4v) is 2.91. The van der Waals surface area contributed by atoms with Crippen LogP contribution in [0.1, 0.15) is 5.56 Å². The van der Waals surface area contributed by atoms with Crippen molar-refractivity contribution in [3.63, 3.8) is 0 Å². The van der Waals surface area contributed by atoms with Gasteiger partial charge in [0.15, 0.2) is 0 Å². The molecule has 1 heterocycles. The van der Waals surface area contributed by atoms with Gasteiger partial charge in [0.05, 0.1) is 0 Å². The van der Waals surface area contributed by atoms with Gasteiger partial charge in [-0.2, -0.15) is 0 Å². The van der Waals surface area contributed by atoms with E-state index >= 15 is 0 Å². The van der Waals surface area contributed by atoms with Gasteiger partial charge in [-0.05, 0) is 24.1 Å². The number of urea groups is 1. The van der Waals surface area contributed by atoms with Gasteiger partial charge in [0.25, 0.3) is 0 Å². The highest BCUT2D eigenvalue weighted by atomic mass is 19.1. The number of anilines is 1. The molecule has 4 nitrogen and oxygen atoms in total. The molecule has 3 rings (SSSR count). The lowest BCUT2D eigenvalue weighted by molar-refractivity contribution is 0.148. The fourth-order valence-electron chi connectivity index (χ4n) is 2.91. The molecule has 2 amide bonds. The van der Waals surface area contributed by atoms with Gasteiger partial charge in [-0.25, -0.2) is 13.6 Å². The molecule has 1 saturated heterocycles. The number of halogens is 2. The number of amides is 2. The van der Waals surface area contributed by atoms with Crippen LogP contribution < -0.4 is 5.32 Å². The zero-order chi connectivity index (χ0) is 17.6. The largest absolute Gasteiger partial charge is 0.322 e. The number of rotatable bonds is 4. The average Bonchev–Trinajstić information content (AvgIpc) is 2.64. The summed E-state index contributed by atoms with van der Waals surface area (Å²) < 4.78 is 27.2. The first kappa shape index (κ1) is 17.4. The van der Waals surface area contributed by atoms with Crippen molar-refractivity contribution in [2.75, 3.05) is 38.0 Å². The lowest BCUT2D eigenvalue weighted by Crippen LogP contribution is -2.50. The molecule has 0 radical (unpaired) electrons. The molecule has 25 heavy (non-hydrogen) atoms. The van der Waals surface area contributed by atoms with E-state index in [-0.39, 0.29) is 5.69 Å². The van der Waals surface area contributed by atoms with Crippen LogP contribution in [0.5, 0.6) is 0 Å². The smallest absolute Gasteiger partial charge is 0.322 e.